The summed E-state index contributed by atoms with van der Waals surface area (Å²) in [6.07, 6.45) is 2.29. The van der Waals surface area contributed by atoms with Crippen LogP contribution in [0.15, 0.2) is 12.3 Å². The van der Waals surface area contributed by atoms with E-state index < -0.39 is 5.97 Å². The third-order valence-corrected chi connectivity index (χ3v) is 2.73. The molecular formula is C11H13NO3. The molecule has 0 unspecified atom stereocenters. The quantitative estimate of drug-likeness (QED) is 0.763. The van der Waals surface area contributed by atoms with Crippen LogP contribution in [-0.4, -0.2) is 22.7 Å². The zero-order valence-electron chi connectivity index (χ0n) is 8.78. The first-order chi connectivity index (χ1) is 7.00. The van der Waals surface area contributed by atoms with E-state index in [1.165, 1.54) is 6.20 Å². The summed E-state index contributed by atoms with van der Waals surface area (Å²) in [5.74, 6) is -0.372. The average Bonchev–Trinajstić information content (AvgIpc) is 2.16. The van der Waals surface area contributed by atoms with Crippen molar-refractivity contribution < 1.29 is 14.6 Å². The maximum atomic E-state index is 10.8. The van der Waals surface area contributed by atoms with Gasteiger partial charge in [0.15, 0.2) is 0 Å². The number of carbonyl (C=O) groups is 1. The van der Waals surface area contributed by atoms with E-state index >= 15 is 0 Å². The van der Waals surface area contributed by atoms with Gasteiger partial charge in [0.25, 0.3) is 0 Å². The molecule has 0 bridgehead atoms. The number of aromatic carboxylic acids is 1. The Bertz CT molecular complexity index is 412. The monoisotopic (exact) mass is 207 g/mol. The van der Waals surface area contributed by atoms with Gasteiger partial charge >= 0.3 is 5.97 Å². The van der Waals surface area contributed by atoms with Crippen molar-refractivity contribution in [2.75, 3.05) is 6.61 Å². The minimum absolute atomic E-state index is 0.0371. The number of rotatable bonds is 1. The van der Waals surface area contributed by atoms with E-state index in [2.05, 4.69) is 18.8 Å². The van der Waals surface area contributed by atoms with Gasteiger partial charge in [0.1, 0.15) is 5.75 Å². The van der Waals surface area contributed by atoms with Gasteiger partial charge in [-0.2, -0.15) is 0 Å². The summed E-state index contributed by atoms with van der Waals surface area (Å²) >= 11 is 0. The Morgan fingerprint density at radius 3 is 3.00 bits per heavy atom. The van der Waals surface area contributed by atoms with Crippen molar-refractivity contribution in [3.8, 4) is 5.75 Å². The lowest BCUT2D eigenvalue weighted by atomic mass is 9.83. The van der Waals surface area contributed by atoms with Crippen LogP contribution in [0.4, 0.5) is 0 Å². The molecule has 1 aliphatic rings. The minimum Gasteiger partial charge on any atom is -0.492 e. The van der Waals surface area contributed by atoms with Crippen LogP contribution >= 0.6 is 0 Å². The molecule has 0 aliphatic carbocycles. The highest BCUT2D eigenvalue weighted by Gasteiger charge is 2.30. The van der Waals surface area contributed by atoms with Crippen molar-refractivity contribution in [3.05, 3.63) is 23.5 Å². The van der Waals surface area contributed by atoms with E-state index in [-0.39, 0.29) is 11.0 Å². The Morgan fingerprint density at radius 1 is 1.60 bits per heavy atom. The molecule has 0 atom stereocenters. The maximum absolute atomic E-state index is 10.8. The third-order valence-electron chi connectivity index (χ3n) is 2.73. The molecule has 0 saturated carbocycles. The zero-order chi connectivity index (χ0) is 11.1. The van der Waals surface area contributed by atoms with Crippen molar-refractivity contribution in [1.82, 2.24) is 4.98 Å². The molecule has 4 heteroatoms. The third kappa shape index (κ3) is 1.67. The molecule has 80 valence electrons. The summed E-state index contributed by atoms with van der Waals surface area (Å²) in [6, 6.07) is 1.55. The molecule has 0 fully saturated rings. The summed E-state index contributed by atoms with van der Waals surface area (Å²) in [7, 11) is 0. The Balaban J connectivity index is 2.50. The predicted molar refractivity (Wildman–Crippen MR) is 54.3 cm³/mol. The normalized spacial score (nSPS) is 17.7. The standard InChI is InChI=1S/C11H13NO3/c1-11(2)3-4-15-8-5-7(10(13)14)6-12-9(8)11/h5-6H,3-4H2,1-2H3,(H,13,14). The lowest BCUT2D eigenvalue weighted by Crippen LogP contribution is -2.28. The Hall–Kier alpha value is -1.58. The van der Waals surface area contributed by atoms with Gasteiger partial charge in [-0.25, -0.2) is 4.79 Å². The Labute approximate surface area is 87.9 Å². The fourth-order valence-electron chi connectivity index (χ4n) is 1.71. The highest BCUT2D eigenvalue weighted by atomic mass is 16.5. The van der Waals surface area contributed by atoms with Crippen molar-refractivity contribution in [2.45, 2.75) is 25.7 Å². The number of carboxylic acids is 1. The van der Waals surface area contributed by atoms with Gasteiger partial charge in [-0.1, -0.05) is 13.8 Å². The van der Waals surface area contributed by atoms with Crippen LogP contribution in [0, 0.1) is 0 Å². The summed E-state index contributed by atoms with van der Waals surface area (Å²) in [4.78, 5) is 14.9. The molecular weight excluding hydrogens is 194 g/mol. The van der Waals surface area contributed by atoms with E-state index in [1.54, 1.807) is 6.07 Å². The molecule has 1 aromatic rings. The van der Waals surface area contributed by atoms with Crippen LogP contribution in [0.5, 0.6) is 5.75 Å². The molecule has 2 heterocycles. The molecule has 2 rings (SSSR count). The first kappa shape index (κ1) is 9.96. The topological polar surface area (TPSA) is 59.4 Å². The van der Waals surface area contributed by atoms with E-state index in [9.17, 15) is 4.79 Å². The Morgan fingerprint density at radius 2 is 2.33 bits per heavy atom. The highest BCUT2D eigenvalue weighted by Crippen LogP contribution is 2.36. The van der Waals surface area contributed by atoms with Gasteiger partial charge < -0.3 is 9.84 Å². The number of fused-ring (bicyclic) bond motifs is 1. The molecule has 1 aliphatic heterocycles. The van der Waals surface area contributed by atoms with Crippen LogP contribution < -0.4 is 4.74 Å². The fourth-order valence-corrected chi connectivity index (χ4v) is 1.71. The van der Waals surface area contributed by atoms with Crippen LogP contribution in [0.3, 0.4) is 0 Å². The number of hydrogen-bond acceptors (Lipinski definition) is 3. The molecule has 0 aromatic carbocycles. The molecule has 0 amide bonds. The van der Waals surface area contributed by atoms with Crippen LogP contribution in [0.1, 0.15) is 36.3 Å². The van der Waals surface area contributed by atoms with E-state index in [0.29, 0.717) is 12.4 Å². The van der Waals surface area contributed by atoms with Gasteiger partial charge in [0.05, 0.1) is 17.9 Å². The number of carboxylic acid groups (broad SMARTS) is 1. The highest BCUT2D eigenvalue weighted by molar-refractivity contribution is 5.87. The average molecular weight is 207 g/mol. The van der Waals surface area contributed by atoms with Gasteiger partial charge in [0.2, 0.25) is 0 Å². The van der Waals surface area contributed by atoms with E-state index in [0.717, 1.165) is 12.1 Å². The van der Waals surface area contributed by atoms with Gasteiger partial charge in [-0.3, -0.25) is 4.98 Å². The number of aromatic nitrogens is 1. The Kier molecular flexibility index (Phi) is 2.14. The van der Waals surface area contributed by atoms with Crippen LogP contribution in [0.2, 0.25) is 0 Å². The van der Waals surface area contributed by atoms with Crippen molar-refractivity contribution >= 4 is 5.97 Å². The fraction of sp³-hybridized carbons (Fsp3) is 0.455. The smallest absolute Gasteiger partial charge is 0.337 e. The summed E-state index contributed by atoms with van der Waals surface area (Å²) in [6.45, 7) is 4.79. The second-order valence-corrected chi connectivity index (χ2v) is 4.36. The largest absolute Gasteiger partial charge is 0.492 e. The molecule has 1 N–H and O–H groups in total. The SMILES string of the molecule is CC1(C)CCOc2cc(C(=O)O)cnc21. The number of nitrogens with zero attached hydrogens (tertiary/aromatic N) is 1. The number of hydrogen-bond donors (Lipinski definition) is 1. The summed E-state index contributed by atoms with van der Waals surface area (Å²) in [5, 5.41) is 8.82. The second kappa shape index (κ2) is 3.22. The second-order valence-electron chi connectivity index (χ2n) is 4.36. The number of ether oxygens (including phenoxy) is 1. The van der Waals surface area contributed by atoms with E-state index in [1.807, 2.05) is 0 Å². The lowest BCUT2D eigenvalue weighted by molar-refractivity contribution is 0.0695. The van der Waals surface area contributed by atoms with Crippen molar-refractivity contribution in [1.29, 1.82) is 0 Å². The molecule has 0 spiro atoms. The molecule has 15 heavy (non-hydrogen) atoms. The molecule has 0 radical (unpaired) electrons. The number of pyridine rings is 1. The first-order valence-corrected chi connectivity index (χ1v) is 4.87. The minimum atomic E-state index is -0.975. The van der Waals surface area contributed by atoms with Gasteiger partial charge in [-0.05, 0) is 12.5 Å². The van der Waals surface area contributed by atoms with Gasteiger partial charge in [0, 0.05) is 11.6 Å². The van der Waals surface area contributed by atoms with Crippen molar-refractivity contribution in [2.24, 2.45) is 0 Å². The van der Waals surface area contributed by atoms with Crippen molar-refractivity contribution in [3.63, 3.8) is 0 Å². The molecule has 1 aromatic heterocycles. The first-order valence-electron chi connectivity index (χ1n) is 4.87. The zero-order valence-corrected chi connectivity index (χ0v) is 8.78. The van der Waals surface area contributed by atoms with Crippen LogP contribution in [-0.2, 0) is 5.41 Å². The van der Waals surface area contributed by atoms with E-state index in [4.69, 9.17) is 9.84 Å². The summed E-state index contributed by atoms with van der Waals surface area (Å²) in [5.41, 5.74) is 0.982. The molecule has 0 saturated heterocycles. The van der Waals surface area contributed by atoms with Gasteiger partial charge in [-0.15, -0.1) is 0 Å². The maximum Gasteiger partial charge on any atom is 0.337 e. The van der Waals surface area contributed by atoms with Crippen LogP contribution in [0.25, 0.3) is 0 Å². The molecule has 4 nitrogen and oxygen atoms in total. The summed E-state index contributed by atoms with van der Waals surface area (Å²) < 4.78 is 5.42. The predicted octanol–water partition coefficient (Wildman–Crippen LogP) is 1.84. The lowest BCUT2D eigenvalue weighted by Gasteiger charge is -2.30.